The number of pyridine rings is 1. The predicted molar refractivity (Wildman–Crippen MR) is 105 cm³/mol. The van der Waals surface area contributed by atoms with Crippen molar-refractivity contribution < 1.29 is 14.4 Å². The Balaban J connectivity index is 1.27. The lowest BCUT2D eigenvalue weighted by atomic mass is 10.1. The molecule has 29 heavy (non-hydrogen) atoms. The van der Waals surface area contributed by atoms with Crippen molar-refractivity contribution in [3.8, 4) is 0 Å². The number of hydrogen-bond acceptors (Lipinski definition) is 5. The molecule has 4 rings (SSSR count). The summed E-state index contributed by atoms with van der Waals surface area (Å²) in [6.07, 6.45) is 3.10. The topological polar surface area (TPSA) is 117 Å². The summed E-state index contributed by atoms with van der Waals surface area (Å²) in [6.45, 7) is 0.434. The molecule has 3 N–H and O–H groups in total. The third kappa shape index (κ3) is 4.08. The molecule has 0 saturated heterocycles. The van der Waals surface area contributed by atoms with Crippen LogP contribution in [0.4, 0.5) is 5.69 Å². The summed E-state index contributed by atoms with van der Waals surface area (Å²) in [7, 11) is 0. The lowest BCUT2D eigenvalue weighted by molar-refractivity contribution is -0.125. The Hall–Kier alpha value is -3.75. The molecule has 0 bridgehead atoms. The molecular weight excluding hydrogens is 372 g/mol. The van der Waals surface area contributed by atoms with Gasteiger partial charge in [0, 0.05) is 19.2 Å². The van der Waals surface area contributed by atoms with Crippen LogP contribution in [-0.4, -0.2) is 44.9 Å². The molecule has 1 aromatic carbocycles. The highest BCUT2D eigenvalue weighted by Crippen LogP contribution is 2.18. The number of amides is 3. The zero-order chi connectivity index (χ0) is 20.2. The minimum atomic E-state index is -0.921. The molecule has 3 amide bonds. The lowest BCUT2D eigenvalue weighted by Crippen LogP contribution is -2.44. The van der Waals surface area contributed by atoms with E-state index in [9.17, 15) is 14.4 Å². The predicted octanol–water partition coefficient (Wildman–Crippen LogP) is 0.919. The van der Waals surface area contributed by atoms with Crippen LogP contribution in [0, 0.1) is 0 Å². The number of rotatable bonds is 6. The second-order valence-corrected chi connectivity index (χ2v) is 6.76. The van der Waals surface area contributed by atoms with Crippen molar-refractivity contribution >= 4 is 29.1 Å². The summed E-state index contributed by atoms with van der Waals surface area (Å²) >= 11 is 0. The van der Waals surface area contributed by atoms with Crippen LogP contribution < -0.4 is 16.0 Å². The van der Waals surface area contributed by atoms with E-state index < -0.39 is 11.9 Å². The molecule has 1 aliphatic heterocycles. The van der Waals surface area contributed by atoms with Gasteiger partial charge in [-0.3, -0.25) is 18.8 Å². The van der Waals surface area contributed by atoms with Crippen molar-refractivity contribution in [1.82, 2.24) is 25.2 Å². The highest BCUT2D eigenvalue weighted by atomic mass is 16.2. The Morgan fingerprint density at radius 2 is 1.93 bits per heavy atom. The first-order valence-electron chi connectivity index (χ1n) is 9.38. The SMILES string of the molecule is O=C(C[C@@H]1NC(=O)c2ccccc2NC1=O)NCCCc1nnc2ccccn12. The van der Waals surface area contributed by atoms with Crippen LogP contribution in [0.15, 0.2) is 48.7 Å². The summed E-state index contributed by atoms with van der Waals surface area (Å²) in [5.74, 6) is -0.269. The van der Waals surface area contributed by atoms with Crippen molar-refractivity contribution in [2.45, 2.75) is 25.3 Å². The normalized spacial score (nSPS) is 15.9. The van der Waals surface area contributed by atoms with Crippen molar-refractivity contribution in [2.75, 3.05) is 11.9 Å². The van der Waals surface area contributed by atoms with E-state index in [1.807, 2.05) is 28.8 Å². The highest BCUT2D eigenvalue weighted by Gasteiger charge is 2.29. The number of anilines is 1. The van der Waals surface area contributed by atoms with Crippen molar-refractivity contribution in [2.24, 2.45) is 0 Å². The summed E-state index contributed by atoms with van der Waals surface area (Å²) in [6, 6.07) is 11.5. The number of fused-ring (bicyclic) bond motifs is 2. The quantitative estimate of drug-likeness (QED) is 0.539. The summed E-state index contributed by atoms with van der Waals surface area (Å²) < 4.78 is 1.91. The van der Waals surface area contributed by atoms with E-state index >= 15 is 0 Å². The van der Waals surface area contributed by atoms with Gasteiger partial charge in [0.05, 0.1) is 17.7 Å². The van der Waals surface area contributed by atoms with Gasteiger partial charge in [-0.25, -0.2) is 0 Å². The molecule has 0 saturated carbocycles. The largest absolute Gasteiger partial charge is 0.356 e. The van der Waals surface area contributed by atoms with Crippen LogP contribution in [-0.2, 0) is 16.0 Å². The minimum absolute atomic E-state index is 0.126. The second kappa shape index (κ2) is 8.09. The van der Waals surface area contributed by atoms with Gasteiger partial charge in [-0.05, 0) is 30.7 Å². The number of nitrogens with one attached hydrogen (secondary N) is 3. The zero-order valence-corrected chi connectivity index (χ0v) is 15.6. The van der Waals surface area contributed by atoms with Crippen LogP contribution in [0.2, 0.25) is 0 Å². The summed E-state index contributed by atoms with van der Waals surface area (Å²) in [5, 5.41) is 16.3. The van der Waals surface area contributed by atoms with Crippen molar-refractivity contribution in [3.63, 3.8) is 0 Å². The number of hydrogen-bond donors (Lipinski definition) is 3. The number of para-hydroxylation sites is 1. The first-order chi connectivity index (χ1) is 14.1. The van der Waals surface area contributed by atoms with Crippen LogP contribution in [0.3, 0.4) is 0 Å². The number of carbonyl (C=O) groups excluding carboxylic acids is 3. The van der Waals surface area contributed by atoms with Gasteiger partial charge < -0.3 is 16.0 Å². The monoisotopic (exact) mass is 392 g/mol. The van der Waals surface area contributed by atoms with E-state index in [-0.39, 0.29) is 18.2 Å². The molecule has 2 aromatic heterocycles. The fourth-order valence-corrected chi connectivity index (χ4v) is 3.25. The van der Waals surface area contributed by atoms with E-state index in [1.165, 1.54) is 0 Å². The lowest BCUT2D eigenvalue weighted by Gasteiger charge is -2.14. The van der Waals surface area contributed by atoms with Gasteiger partial charge in [0.1, 0.15) is 11.9 Å². The van der Waals surface area contributed by atoms with E-state index in [0.717, 1.165) is 11.5 Å². The van der Waals surface area contributed by atoms with E-state index in [0.29, 0.717) is 30.6 Å². The number of benzene rings is 1. The van der Waals surface area contributed by atoms with Gasteiger partial charge >= 0.3 is 0 Å². The molecule has 0 radical (unpaired) electrons. The Morgan fingerprint density at radius 3 is 2.83 bits per heavy atom. The standard InChI is InChI=1S/C20H20N6O3/c27-18(21-10-5-9-17-25-24-16-8-3-4-11-26(16)17)12-15-20(29)22-14-7-2-1-6-13(14)19(28)23-15/h1-4,6-8,11,15H,5,9-10,12H2,(H,21,27)(H,22,29)(H,23,28)/t15-/m0/s1. The Morgan fingerprint density at radius 1 is 1.10 bits per heavy atom. The molecule has 3 aromatic rings. The van der Waals surface area contributed by atoms with Crippen molar-refractivity contribution in [1.29, 1.82) is 0 Å². The van der Waals surface area contributed by atoms with E-state index in [1.54, 1.807) is 24.3 Å². The van der Waals surface area contributed by atoms with E-state index in [4.69, 9.17) is 0 Å². The first-order valence-corrected chi connectivity index (χ1v) is 9.38. The van der Waals surface area contributed by atoms with Gasteiger partial charge in [-0.15, -0.1) is 10.2 Å². The molecule has 9 nitrogen and oxygen atoms in total. The van der Waals surface area contributed by atoms with Gasteiger partial charge in [0.2, 0.25) is 11.8 Å². The smallest absolute Gasteiger partial charge is 0.254 e. The van der Waals surface area contributed by atoms with Crippen LogP contribution >= 0.6 is 0 Å². The average molecular weight is 392 g/mol. The molecule has 9 heteroatoms. The number of nitrogens with zero attached hydrogens (tertiary/aromatic N) is 3. The fraction of sp³-hybridized carbons (Fsp3) is 0.250. The molecule has 1 aliphatic rings. The Kier molecular flexibility index (Phi) is 5.19. The molecule has 1 atom stereocenters. The maximum Gasteiger partial charge on any atom is 0.254 e. The van der Waals surface area contributed by atoms with Crippen LogP contribution in [0.25, 0.3) is 5.65 Å². The number of carbonyl (C=O) groups is 3. The molecule has 0 fully saturated rings. The van der Waals surface area contributed by atoms with E-state index in [2.05, 4.69) is 26.1 Å². The second-order valence-electron chi connectivity index (χ2n) is 6.76. The molecular formula is C20H20N6O3. The Labute approximate surface area is 166 Å². The molecule has 3 heterocycles. The number of aryl methyl sites for hydroxylation is 1. The van der Waals surface area contributed by atoms with Gasteiger partial charge in [-0.1, -0.05) is 18.2 Å². The maximum absolute atomic E-state index is 12.3. The molecule has 0 aliphatic carbocycles. The minimum Gasteiger partial charge on any atom is -0.356 e. The third-order valence-corrected chi connectivity index (χ3v) is 4.72. The van der Waals surface area contributed by atoms with Crippen LogP contribution in [0.5, 0.6) is 0 Å². The molecule has 0 spiro atoms. The Bertz CT molecular complexity index is 1080. The van der Waals surface area contributed by atoms with Gasteiger partial charge in [-0.2, -0.15) is 0 Å². The molecule has 0 unspecified atom stereocenters. The van der Waals surface area contributed by atoms with Crippen LogP contribution in [0.1, 0.15) is 29.0 Å². The maximum atomic E-state index is 12.3. The zero-order valence-electron chi connectivity index (χ0n) is 15.6. The fourth-order valence-electron chi connectivity index (χ4n) is 3.25. The van der Waals surface area contributed by atoms with Crippen molar-refractivity contribution in [3.05, 3.63) is 60.0 Å². The first kappa shape index (κ1) is 18.6. The number of aromatic nitrogens is 3. The highest BCUT2D eigenvalue weighted by molar-refractivity contribution is 6.10. The molecule has 148 valence electrons. The van der Waals surface area contributed by atoms with Gasteiger partial charge in [0.15, 0.2) is 5.65 Å². The summed E-state index contributed by atoms with van der Waals surface area (Å²) in [4.78, 5) is 36.9. The average Bonchev–Trinajstić information content (AvgIpc) is 3.09. The third-order valence-electron chi connectivity index (χ3n) is 4.72. The van der Waals surface area contributed by atoms with Gasteiger partial charge in [0.25, 0.3) is 5.91 Å². The summed E-state index contributed by atoms with van der Waals surface area (Å²) in [5.41, 5.74) is 1.60.